The Balaban J connectivity index is 1.76. The van der Waals surface area contributed by atoms with Crippen LogP contribution in [-0.4, -0.2) is 29.1 Å². The van der Waals surface area contributed by atoms with E-state index in [2.05, 4.69) is 4.90 Å². The van der Waals surface area contributed by atoms with Gasteiger partial charge in [0, 0.05) is 0 Å². The Morgan fingerprint density at radius 2 is 1.85 bits per heavy atom. The average molecular weight is 367 g/mol. The average Bonchev–Trinajstić information content (AvgIpc) is 3.09. The van der Waals surface area contributed by atoms with Crippen LogP contribution in [0.5, 0.6) is 0 Å². The highest BCUT2D eigenvalue weighted by molar-refractivity contribution is 5.75. The zero-order valence-electron chi connectivity index (χ0n) is 14.1. The quantitative estimate of drug-likeness (QED) is 0.860. The molecule has 1 aromatic carbocycles. The standard InChI is InChI=1S/C19H20F3NO3/c20-19(21,22)16-6-2-1-4-14(16)12-18(17(24)25)7-9-23(10-8-18)13-15-5-3-11-26-15/h1-6,11H,7-10,12-13H2,(H,24,25). The lowest BCUT2D eigenvalue weighted by Gasteiger charge is -2.39. The lowest BCUT2D eigenvalue weighted by molar-refractivity contribution is -0.153. The van der Waals surface area contributed by atoms with Crippen molar-refractivity contribution < 1.29 is 27.5 Å². The fourth-order valence-corrected chi connectivity index (χ4v) is 3.54. The summed E-state index contributed by atoms with van der Waals surface area (Å²) in [6.45, 7) is 1.57. The second kappa shape index (κ2) is 7.15. The van der Waals surface area contributed by atoms with Gasteiger partial charge in [-0.2, -0.15) is 13.2 Å². The zero-order chi connectivity index (χ0) is 18.8. The van der Waals surface area contributed by atoms with E-state index >= 15 is 0 Å². The number of carbonyl (C=O) groups is 1. The molecule has 0 radical (unpaired) electrons. The van der Waals surface area contributed by atoms with Gasteiger partial charge in [0.2, 0.25) is 0 Å². The summed E-state index contributed by atoms with van der Waals surface area (Å²) < 4.78 is 45.0. The van der Waals surface area contributed by atoms with Gasteiger partial charge in [0.1, 0.15) is 5.76 Å². The van der Waals surface area contributed by atoms with Crippen LogP contribution in [0, 0.1) is 5.41 Å². The van der Waals surface area contributed by atoms with E-state index in [1.54, 1.807) is 12.3 Å². The molecular formula is C19H20F3NO3. The fraction of sp³-hybridized carbons (Fsp3) is 0.421. The van der Waals surface area contributed by atoms with Gasteiger partial charge >= 0.3 is 12.1 Å². The van der Waals surface area contributed by atoms with Crippen molar-refractivity contribution in [3.05, 3.63) is 59.5 Å². The molecule has 7 heteroatoms. The summed E-state index contributed by atoms with van der Waals surface area (Å²) in [7, 11) is 0. The van der Waals surface area contributed by atoms with Gasteiger partial charge < -0.3 is 9.52 Å². The number of carboxylic acid groups (broad SMARTS) is 1. The third-order valence-corrected chi connectivity index (χ3v) is 5.08. The first kappa shape index (κ1) is 18.5. The van der Waals surface area contributed by atoms with E-state index < -0.39 is 23.1 Å². The summed E-state index contributed by atoms with van der Waals surface area (Å²) >= 11 is 0. The molecule has 140 valence electrons. The van der Waals surface area contributed by atoms with Gasteiger partial charge in [0.15, 0.2) is 0 Å². The van der Waals surface area contributed by atoms with Crippen LogP contribution in [0.15, 0.2) is 47.1 Å². The number of rotatable bonds is 5. The third kappa shape index (κ3) is 3.93. The Morgan fingerprint density at radius 3 is 2.42 bits per heavy atom. The maximum atomic E-state index is 13.2. The van der Waals surface area contributed by atoms with Crippen LogP contribution < -0.4 is 0 Å². The molecule has 0 amide bonds. The van der Waals surface area contributed by atoms with Crippen molar-refractivity contribution in [2.45, 2.75) is 32.0 Å². The molecule has 0 atom stereocenters. The molecule has 1 N–H and O–H groups in total. The molecule has 2 heterocycles. The molecule has 0 spiro atoms. The van der Waals surface area contributed by atoms with E-state index in [1.807, 2.05) is 6.07 Å². The second-order valence-electron chi connectivity index (χ2n) is 6.77. The number of benzene rings is 1. The Kier molecular flexibility index (Phi) is 5.09. The number of piperidine rings is 1. The molecule has 1 saturated heterocycles. The smallest absolute Gasteiger partial charge is 0.416 e. The Hall–Kier alpha value is -2.28. The van der Waals surface area contributed by atoms with Gasteiger partial charge in [-0.1, -0.05) is 18.2 Å². The SMILES string of the molecule is O=C(O)C1(Cc2ccccc2C(F)(F)F)CCN(Cc2ccco2)CC1. The molecule has 0 aliphatic carbocycles. The first-order chi connectivity index (χ1) is 12.3. The lowest BCUT2D eigenvalue weighted by Crippen LogP contribution is -2.45. The topological polar surface area (TPSA) is 53.7 Å². The number of alkyl halides is 3. The normalized spacial score (nSPS) is 18.0. The minimum absolute atomic E-state index is 0.0434. The van der Waals surface area contributed by atoms with Crippen LogP contribution in [0.4, 0.5) is 13.2 Å². The van der Waals surface area contributed by atoms with Gasteiger partial charge in [0.25, 0.3) is 0 Å². The third-order valence-electron chi connectivity index (χ3n) is 5.08. The number of hydrogen-bond donors (Lipinski definition) is 1. The number of halogens is 3. The fourth-order valence-electron chi connectivity index (χ4n) is 3.54. The van der Waals surface area contributed by atoms with Crippen LogP contribution in [0.1, 0.15) is 29.7 Å². The highest BCUT2D eigenvalue weighted by atomic mass is 19.4. The number of furan rings is 1. The first-order valence-corrected chi connectivity index (χ1v) is 8.43. The molecule has 1 fully saturated rings. The number of hydrogen-bond acceptors (Lipinski definition) is 3. The van der Waals surface area contributed by atoms with Crippen molar-refractivity contribution in [3.63, 3.8) is 0 Å². The van der Waals surface area contributed by atoms with Crippen molar-refractivity contribution in [2.75, 3.05) is 13.1 Å². The summed E-state index contributed by atoms with van der Waals surface area (Å²) in [4.78, 5) is 14.0. The number of carboxylic acids is 1. The van der Waals surface area contributed by atoms with E-state index in [-0.39, 0.29) is 12.0 Å². The zero-order valence-corrected chi connectivity index (χ0v) is 14.1. The predicted molar refractivity (Wildman–Crippen MR) is 88.4 cm³/mol. The first-order valence-electron chi connectivity index (χ1n) is 8.43. The summed E-state index contributed by atoms with van der Waals surface area (Å²) in [6, 6.07) is 8.87. The van der Waals surface area contributed by atoms with Gasteiger partial charge in [-0.15, -0.1) is 0 Å². The van der Waals surface area contributed by atoms with Crippen LogP contribution >= 0.6 is 0 Å². The minimum Gasteiger partial charge on any atom is -0.481 e. The minimum atomic E-state index is -4.49. The van der Waals surface area contributed by atoms with Gasteiger partial charge in [-0.05, 0) is 56.1 Å². The highest BCUT2D eigenvalue weighted by Gasteiger charge is 2.43. The summed E-state index contributed by atoms with van der Waals surface area (Å²) in [5.74, 6) is -0.248. The molecule has 2 aromatic rings. The molecule has 1 aliphatic heterocycles. The Labute approximate surface area is 149 Å². The van der Waals surface area contributed by atoms with Crippen molar-refractivity contribution in [1.82, 2.24) is 4.90 Å². The highest BCUT2D eigenvalue weighted by Crippen LogP contribution is 2.40. The Morgan fingerprint density at radius 1 is 1.15 bits per heavy atom. The van der Waals surface area contributed by atoms with E-state index in [0.717, 1.165) is 11.8 Å². The molecule has 0 saturated carbocycles. The molecule has 26 heavy (non-hydrogen) atoms. The maximum absolute atomic E-state index is 13.2. The maximum Gasteiger partial charge on any atom is 0.416 e. The van der Waals surface area contributed by atoms with Crippen LogP contribution in [0.2, 0.25) is 0 Å². The van der Waals surface area contributed by atoms with Crippen molar-refractivity contribution in [1.29, 1.82) is 0 Å². The van der Waals surface area contributed by atoms with Gasteiger partial charge in [0.05, 0.1) is 23.8 Å². The van der Waals surface area contributed by atoms with Crippen molar-refractivity contribution in [2.24, 2.45) is 5.41 Å². The molecule has 1 aromatic heterocycles. The number of likely N-dealkylation sites (tertiary alicyclic amines) is 1. The van der Waals surface area contributed by atoms with Crippen LogP contribution in [0.25, 0.3) is 0 Å². The summed E-state index contributed by atoms with van der Waals surface area (Å²) in [6.07, 6.45) is -2.43. The molecule has 1 aliphatic rings. The van der Waals surface area contributed by atoms with Crippen LogP contribution in [0.3, 0.4) is 0 Å². The molecule has 3 rings (SSSR count). The monoisotopic (exact) mass is 367 g/mol. The molecule has 0 unspecified atom stereocenters. The molecule has 0 bridgehead atoms. The molecule has 4 nitrogen and oxygen atoms in total. The Bertz CT molecular complexity index is 748. The van der Waals surface area contributed by atoms with Crippen LogP contribution in [-0.2, 0) is 23.9 Å². The number of aliphatic carboxylic acids is 1. The largest absolute Gasteiger partial charge is 0.481 e. The molecular weight excluding hydrogens is 347 g/mol. The van der Waals surface area contributed by atoms with Gasteiger partial charge in [-0.25, -0.2) is 0 Å². The van der Waals surface area contributed by atoms with Crippen molar-refractivity contribution >= 4 is 5.97 Å². The summed E-state index contributed by atoms with van der Waals surface area (Å²) in [5, 5.41) is 9.77. The van der Waals surface area contributed by atoms with E-state index in [1.165, 1.54) is 18.2 Å². The number of nitrogens with zero attached hydrogens (tertiary/aromatic N) is 1. The van der Waals surface area contributed by atoms with E-state index in [0.29, 0.717) is 32.5 Å². The predicted octanol–water partition coefficient (Wildman–Crippen LogP) is 4.21. The second-order valence-corrected chi connectivity index (χ2v) is 6.77. The van der Waals surface area contributed by atoms with Gasteiger partial charge in [-0.3, -0.25) is 9.69 Å². The van der Waals surface area contributed by atoms with E-state index in [9.17, 15) is 23.1 Å². The summed E-state index contributed by atoms with van der Waals surface area (Å²) in [5.41, 5.74) is -1.89. The lowest BCUT2D eigenvalue weighted by atomic mass is 9.73. The van der Waals surface area contributed by atoms with Crippen molar-refractivity contribution in [3.8, 4) is 0 Å². The van der Waals surface area contributed by atoms with E-state index in [4.69, 9.17) is 4.42 Å².